The number of rotatable bonds is 12. The molecule has 0 saturated carbocycles. The monoisotopic (exact) mass is 1220 g/mol. The summed E-state index contributed by atoms with van der Waals surface area (Å²) >= 11 is 0. The minimum atomic E-state index is -0.296. The van der Waals surface area contributed by atoms with Crippen LogP contribution < -0.4 is 26.2 Å². The SMILES string of the molecule is CC(C)c1cc(-c2ccc3c(c2)B2c4cc(-c5ccccc5)c(C(C)(C)C)cc4N(c4c(-c5ccccc5)cc(-c5ccccc5)cc4-c4ccccc4)c4cc(C(C)(C)C)cc(c42)N3c2c(-c3ccccc3)cc(-c3ccccc3)cc2-c2ccccc2)cc(C(C)C)c1. The summed E-state index contributed by atoms with van der Waals surface area (Å²) in [7, 11) is 0. The van der Waals surface area contributed by atoms with E-state index >= 15 is 0 Å². The van der Waals surface area contributed by atoms with E-state index in [9.17, 15) is 0 Å². The molecule has 0 amide bonds. The molecular weight excluding hydrogens is 1140 g/mol. The van der Waals surface area contributed by atoms with Crippen LogP contribution in [0.2, 0.25) is 0 Å². The van der Waals surface area contributed by atoms with Gasteiger partial charge in [0, 0.05) is 45.0 Å². The molecule has 2 heterocycles. The zero-order valence-corrected chi connectivity index (χ0v) is 56.4. The molecule has 95 heavy (non-hydrogen) atoms. The van der Waals surface area contributed by atoms with Gasteiger partial charge in [0.05, 0.1) is 11.4 Å². The second kappa shape index (κ2) is 24.5. The highest BCUT2D eigenvalue weighted by Crippen LogP contribution is 2.56. The van der Waals surface area contributed by atoms with E-state index in [-0.39, 0.29) is 17.5 Å². The maximum atomic E-state index is 2.74. The number of hydrogen-bond acceptors (Lipinski definition) is 2. The highest BCUT2D eigenvalue weighted by molar-refractivity contribution is 7.00. The second-order valence-electron chi connectivity index (χ2n) is 28.9. The molecule has 0 atom stereocenters. The predicted molar refractivity (Wildman–Crippen MR) is 410 cm³/mol. The van der Waals surface area contributed by atoms with Crippen molar-refractivity contribution < 1.29 is 0 Å². The summed E-state index contributed by atoms with van der Waals surface area (Å²) < 4.78 is 0. The smallest absolute Gasteiger partial charge is 0.252 e. The van der Waals surface area contributed by atoms with Gasteiger partial charge < -0.3 is 9.80 Å². The predicted octanol–water partition coefficient (Wildman–Crippen LogP) is 23.9. The van der Waals surface area contributed by atoms with E-state index in [1.165, 1.54) is 89.1 Å². The Morgan fingerprint density at radius 3 is 0.958 bits per heavy atom. The van der Waals surface area contributed by atoms with Gasteiger partial charge in [-0.25, -0.2) is 0 Å². The van der Waals surface area contributed by atoms with Gasteiger partial charge in [0.25, 0.3) is 6.71 Å². The quantitative estimate of drug-likeness (QED) is 0.113. The third kappa shape index (κ3) is 11.2. The Hall–Kier alpha value is -10.5. The number of benzene rings is 13. The number of anilines is 6. The molecule has 0 saturated heterocycles. The van der Waals surface area contributed by atoms with Crippen molar-refractivity contribution in [1.82, 2.24) is 0 Å². The Labute approximate surface area is 564 Å². The molecule has 15 rings (SSSR count). The van der Waals surface area contributed by atoms with Gasteiger partial charge in [0.15, 0.2) is 0 Å². The van der Waals surface area contributed by atoms with Crippen molar-refractivity contribution in [1.29, 1.82) is 0 Å². The van der Waals surface area contributed by atoms with Crippen LogP contribution in [0.4, 0.5) is 34.1 Å². The minimum absolute atomic E-state index is 0.228. The summed E-state index contributed by atoms with van der Waals surface area (Å²) in [6.45, 7) is 23.5. The molecule has 3 heteroatoms. The van der Waals surface area contributed by atoms with E-state index in [1.54, 1.807) is 0 Å². The lowest BCUT2D eigenvalue weighted by Gasteiger charge is -2.47. The van der Waals surface area contributed by atoms with Crippen molar-refractivity contribution in [2.45, 2.75) is 91.9 Å². The first-order valence-electron chi connectivity index (χ1n) is 34.1. The fourth-order valence-electron chi connectivity index (χ4n) is 14.8. The van der Waals surface area contributed by atoms with E-state index in [0.29, 0.717) is 11.8 Å². The van der Waals surface area contributed by atoms with Crippen molar-refractivity contribution in [3.05, 3.63) is 320 Å². The Morgan fingerprint density at radius 1 is 0.263 bits per heavy atom. The molecule has 0 aliphatic carbocycles. The average molecular weight is 1230 g/mol. The van der Waals surface area contributed by atoms with Crippen molar-refractivity contribution in [3.8, 4) is 89.0 Å². The van der Waals surface area contributed by atoms with Crippen LogP contribution in [0, 0.1) is 0 Å². The zero-order chi connectivity index (χ0) is 65.3. The molecule has 0 aromatic heterocycles. The largest absolute Gasteiger partial charge is 0.310 e. The molecule has 0 unspecified atom stereocenters. The van der Waals surface area contributed by atoms with E-state index in [4.69, 9.17) is 0 Å². The number of nitrogens with zero attached hydrogens (tertiary/aromatic N) is 2. The van der Waals surface area contributed by atoms with Crippen LogP contribution in [0.1, 0.15) is 103 Å². The summed E-state index contributed by atoms with van der Waals surface area (Å²) in [5.41, 5.74) is 34.3. The lowest BCUT2D eigenvalue weighted by Crippen LogP contribution is -2.61. The Balaban J connectivity index is 1.16. The van der Waals surface area contributed by atoms with Crippen LogP contribution >= 0.6 is 0 Å². The van der Waals surface area contributed by atoms with Crippen LogP contribution in [0.15, 0.2) is 297 Å². The van der Waals surface area contributed by atoms with Gasteiger partial charge in [0.2, 0.25) is 0 Å². The van der Waals surface area contributed by atoms with Crippen molar-refractivity contribution in [2.75, 3.05) is 9.80 Å². The van der Waals surface area contributed by atoms with Crippen molar-refractivity contribution in [3.63, 3.8) is 0 Å². The first-order chi connectivity index (χ1) is 46.1. The van der Waals surface area contributed by atoms with Crippen LogP contribution in [0.5, 0.6) is 0 Å². The van der Waals surface area contributed by atoms with E-state index in [1.807, 2.05) is 0 Å². The first-order valence-corrected chi connectivity index (χ1v) is 34.1. The maximum Gasteiger partial charge on any atom is 0.252 e. The van der Waals surface area contributed by atoms with Gasteiger partial charge in [-0.1, -0.05) is 318 Å². The standard InChI is InChI=1S/C92H81BN2/c1-60(2)70-48-71(61(3)4)50-72(49-70)69-46-47-84-82(55-69)93-83-58-76(64-36-22-13-23-37-64)81(92(8,9)10)59-85(83)95(90-79(67-42-28-16-29-43-67)53-74(63-34-20-12-21-35-63)54-80(90)68-44-30-17-31-45-68)87-57-75(91(5,6)7)56-86(88(87)93)94(84)89-77(65-38-24-14-25-39-65)51-73(62-32-18-11-19-33-62)52-78(89)66-40-26-15-27-41-66/h11-61H,1-10H3. The molecule has 13 aromatic carbocycles. The van der Waals surface area contributed by atoms with Gasteiger partial charge in [-0.3, -0.25) is 0 Å². The Bertz CT molecular complexity index is 4840. The van der Waals surface area contributed by atoms with Crippen LogP contribution in [0.3, 0.4) is 0 Å². The van der Waals surface area contributed by atoms with E-state index in [0.717, 1.165) is 72.7 Å². The van der Waals surface area contributed by atoms with Crippen LogP contribution in [-0.2, 0) is 10.8 Å². The minimum Gasteiger partial charge on any atom is -0.310 e. The lowest BCUT2D eigenvalue weighted by molar-refractivity contribution is 0.590. The average Bonchev–Trinajstić information content (AvgIpc) is 0.684. The fraction of sp³-hybridized carbons (Fsp3) is 0.152. The molecule has 0 fully saturated rings. The summed E-state index contributed by atoms with van der Waals surface area (Å²) in [5.74, 6) is 0.707. The topological polar surface area (TPSA) is 6.48 Å². The van der Waals surface area contributed by atoms with Crippen molar-refractivity contribution in [2.24, 2.45) is 0 Å². The van der Waals surface area contributed by atoms with Gasteiger partial charge in [0.1, 0.15) is 0 Å². The van der Waals surface area contributed by atoms with Gasteiger partial charge in [-0.05, 0) is 177 Å². The van der Waals surface area contributed by atoms with Gasteiger partial charge >= 0.3 is 0 Å². The highest BCUT2D eigenvalue weighted by Gasteiger charge is 2.47. The van der Waals surface area contributed by atoms with Crippen LogP contribution in [0.25, 0.3) is 89.0 Å². The molecule has 2 aliphatic heterocycles. The molecule has 2 aliphatic rings. The summed E-state index contributed by atoms with van der Waals surface area (Å²) in [5, 5.41) is 0. The number of hydrogen-bond donors (Lipinski definition) is 0. The third-order valence-electron chi connectivity index (χ3n) is 19.8. The first kappa shape index (κ1) is 60.7. The third-order valence-corrected chi connectivity index (χ3v) is 19.8. The molecule has 0 spiro atoms. The maximum absolute atomic E-state index is 2.74. The zero-order valence-electron chi connectivity index (χ0n) is 56.4. The van der Waals surface area contributed by atoms with Crippen LogP contribution in [-0.4, -0.2) is 6.71 Å². The second-order valence-corrected chi connectivity index (χ2v) is 28.9. The molecule has 0 radical (unpaired) electrons. The molecule has 0 N–H and O–H groups in total. The molecular formula is C92H81BN2. The number of fused-ring (bicyclic) bond motifs is 4. The Morgan fingerprint density at radius 2 is 0.600 bits per heavy atom. The van der Waals surface area contributed by atoms with E-state index in [2.05, 4.69) is 376 Å². The van der Waals surface area contributed by atoms with Gasteiger partial charge in [-0.2, -0.15) is 0 Å². The molecule has 13 aromatic rings. The van der Waals surface area contributed by atoms with Gasteiger partial charge in [-0.15, -0.1) is 0 Å². The normalized spacial score (nSPS) is 12.7. The lowest BCUT2D eigenvalue weighted by atomic mass is 9.33. The van der Waals surface area contributed by atoms with E-state index < -0.39 is 0 Å². The summed E-state index contributed by atoms with van der Waals surface area (Å²) in [6, 6.07) is 113. The summed E-state index contributed by atoms with van der Waals surface area (Å²) in [6.07, 6.45) is 0. The Kier molecular flexibility index (Phi) is 15.6. The highest BCUT2D eigenvalue weighted by atomic mass is 15.2. The molecule has 0 bridgehead atoms. The fourth-order valence-corrected chi connectivity index (χ4v) is 14.8. The van der Waals surface area contributed by atoms with Crippen molar-refractivity contribution >= 4 is 57.2 Å². The molecule has 2 nitrogen and oxygen atoms in total. The summed E-state index contributed by atoms with van der Waals surface area (Å²) in [4.78, 5) is 5.46. The molecule has 462 valence electrons.